The highest BCUT2D eigenvalue weighted by Gasteiger charge is 1.91. The molecule has 0 saturated carbocycles. The summed E-state index contributed by atoms with van der Waals surface area (Å²) in [6.45, 7) is 1.58. The van der Waals surface area contributed by atoms with E-state index in [0.29, 0.717) is 6.42 Å². The van der Waals surface area contributed by atoms with Gasteiger partial charge in [-0.25, -0.2) is 4.39 Å². The van der Waals surface area contributed by atoms with E-state index >= 15 is 0 Å². The van der Waals surface area contributed by atoms with Crippen molar-refractivity contribution in [2.75, 3.05) is 4.43 Å². The molecule has 2 heteroatoms. The van der Waals surface area contributed by atoms with E-state index in [4.69, 9.17) is 0 Å². The molecule has 0 aliphatic carbocycles. The van der Waals surface area contributed by atoms with Gasteiger partial charge in [-0.15, -0.1) is 0 Å². The van der Waals surface area contributed by atoms with Gasteiger partial charge in [-0.05, 0) is 13.3 Å². The lowest BCUT2D eigenvalue weighted by Gasteiger charge is -1.90. The molecule has 0 heterocycles. The molecule has 0 amide bonds. The van der Waals surface area contributed by atoms with Crippen LogP contribution in [0.4, 0.5) is 4.39 Å². The summed E-state index contributed by atoms with van der Waals surface area (Å²) >= 11 is 2.16. The van der Waals surface area contributed by atoms with Crippen LogP contribution in [0, 0.1) is 0 Å². The molecule has 0 aliphatic heterocycles. The van der Waals surface area contributed by atoms with Crippen molar-refractivity contribution in [2.45, 2.75) is 19.5 Å². The zero-order valence-electron chi connectivity index (χ0n) is 3.75. The van der Waals surface area contributed by atoms with E-state index in [1.54, 1.807) is 6.92 Å². The van der Waals surface area contributed by atoms with Crippen LogP contribution in [0.25, 0.3) is 0 Å². The van der Waals surface area contributed by atoms with Gasteiger partial charge in [0.25, 0.3) is 0 Å². The molecular weight excluding hydrogens is 194 g/mol. The van der Waals surface area contributed by atoms with E-state index in [0.717, 1.165) is 4.43 Å². The molecule has 1 unspecified atom stereocenters. The zero-order chi connectivity index (χ0) is 4.99. The number of hydrogen-bond donors (Lipinski definition) is 0. The van der Waals surface area contributed by atoms with Crippen LogP contribution in [0.1, 0.15) is 13.3 Å². The van der Waals surface area contributed by atoms with Crippen molar-refractivity contribution in [1.29, 1.82) is 0 Å². The highest BCUT2D eigenvalue weighted by molar-refractivity contribution is 14.1. The van der Waals surface area contributed by atoms with Gasteiger partial charge in [0.15, 0.2) is 0 Å². The zero-order valence-corrected chi connectivity index (χ0v) is 5.90. The van der Waals surface area contributed by atoms with Crippen molar-refractivity contribution in [3.05, 3.63) is 0 Å². The first-order valence-electron chi connectivity index (χ1n) is 1.97. The van der Waals surface area contributed by atoms with Crippen molar-refractivity contribution in [2.24, 2.45) is 0 Å². The van der Waals surface area contributed by atoms with Crippen LogP contribution in [0.3, 0.4) is 0 Å². The van der Waals surface area contributed by atoms with Crippen molar-refractivity contribution < 1.29 is 4.39 Å². The monoisotopic (exact) mass is 202 g/mol. The fourth-order valence-corrected chi connectivity index (χ4v) is 1.01. The first-order chi connectivity index (χ1) is 2.77. The van der Waals surface area contributed by atoms with Crippen molar-refractivity contribution in [3.63, 3.8) is 0 Å². The predicted molar refractivity (Wildman–Crippen MR) is 34.1 cm³/mol. The van der Waals surface area contributed by atoms with Crippen molar-refractivity contribution >= 4 is 22.6 Å². The lowest BCUT2D eigenvalue weighted by molar-refractivity contribution is 0.356. The molecule has 38 valence electrons. The van der Waals surface area contributed by atoms with E-state index in [1.807, 2.05) is 0 Å². The third kappa shape index (κ3) is 4.66. The van der Waals surface area contributed by atoms with Crippen molar-refractivity contribution in [3.8, 4) is 0 Å². The fraction of sp³-hybridized carbons (Fsp3) is 1.00. The first-order valence-corrected chi connectivity index (χ1v) is 3.50. The van der Waals surface area contributed by atoms with E-state index in [1.165, 1.54) is 0 Å². The van der Waals surface area contributed by atoms with Crippen LogP contribution in [0.5, 0.6) is 0 Å². The van der Waals surface area contributed by atoms with Crippen LogP contribution < -0.4 is 0 Å². The number of rotatable bonds is 2. The Hall–Kier alpha value is 0.660. The Kier molecular flexibility index (Phi) is 4.26. The average Bonchev–Trinajstić information content (AvgIpc) is 1.35. The molecule has 0 aromatic carbocycles. The molecule has 0 nitrogen and oxygen atoms in total. The van der Waals surface area contributed by atoms with Gasteiger partial charge < -0.3 is 0 Å². The van der Waals surface area contributed by atoms with E-state index in [-0.39, 0.29) is 0 Å². The maximum absolute atomic E-state index is 11.7. The SMILES string of the molecule is CC(F)CCI. The van der Waals surface area contributed by atoms with Crippen LogP contribution in [-0.2, 0) is 0 Å². The van der Waals surface area contributed by atoms with Crippen LogP contribution >= 0.6 is 22.6 Å². The van der Waals surface area contributed by atoms with E-state index < -0.39 is 6.17 Å². The quantitative estimate of drug-likeness (QED) is 0.475. The first kappa shape index (κ1) is 6.66. The third-order valence-corrected chi connectivity index (χ3v) is 1.13. The smallest absolute Gasteiger partial charge is 0.0980 e. The molecule has 0 bridgehead atoms. The molecule has 0 aromatic rings. The number of halogens is 2. The number of hydrogen-bond acceptors (Lipinski definition) is 0. The standard InChI is InChI=1S/C4H8FI/c1-4(5)2-3-6/h4H,2-3H2,1H3. The molecular formula is C4H8FI. The average molecular weight is 202 g/mol. The van der Waals surface area contributed by atoms with E-state index in [2.05, 4.69) is 22.6 Å². The van der Waals surface area contributed by atoms with Gasteiger partial charge in [-0.2, -0.15) is 0 Å². The Morgan fingerprint density at radius 3 is 2.33 bits per heavy atom. The lowest BCUT2D eigenvalue weighted by Crippen LogP contribution is -1.90. The topological polar surface area (TPSA) is 0 Å². The predicted octanol–water partition coefficient (Wildman–Crippen LogP) is 2.17. The molecule has 0 aromatic heterocycles. The largest absolute Gasteiger partial charge is 0.248 e. The fourth-order valence-electron chi connectivity index (χ4n) is 0.150. The lowest BCUT2D eigenvalue weighted by atomic mass is 10.3. The molecule has 0 radical (unpaired) electrons. The minimum absolute atomic E-state index is 0.609. The molecule has 0 spiro atoms. The summed E-state index contributed by atoms with van der Waals surface area (Å²) in [5.74, 6) is 0. The Morgan fingerprint density at radius 2 is 2.33 bits per heavy atom. The Bertz CT molecular complexity index is 28.7. The maximum atomic E-state index is 11.7. The Balaban J connectivity index is 2.63. The van der Waals surface area contributed by atoms with Gasteiger partial charge in [0.2, 0.25) is 0 Å². The number of alkyl halides is 2. The van der Waals surface area contributed by atoms with Crippen LogP contribution in [-0.4, -0.2) is 10.6 Å². The molecule has 0 rings (SSSR count). The van der Waals surface area contributed by atoms with Gasteiger partial charge >= 0.3 is 0 Å². The van der Waals surface area contributed by atoms with Gasteiger partial charge in [-0.1, -0.05) is 22.6 Å². The molecule has 0 aliphatic rings. The molecule has 6 heavy (non-hydrogen) atoms. The summed E-state index contributed by atoms with van der Waals surface area (Å²) in [5.41, 5.74) is 0. The summed E-state index contributed by atoms with van der Waals surface area (Å²) in [4.78, 5) is 0. The molecule has 0 N–H and O–H groups in total. The van der Waals surface area contributed by atoms with Gasteiger partial charge in [-0.3, -0.25) is 0 Å². The Morgan fingerprint density at radius 1 is 1.83 bits per heavy atom. The minimum atomic E-state index is -0.609. The highest BCUT2D eigenvalue weighted by Crippen LogP contribution is 1.97. The van der Waals surface area contributed by atoms with Crippen LogP contribution in [0.15, 0.2) is 0 Å². The summed E-state index contributed by atoms with van der Waals surface area (Å²) < 4.78 is 12.6. The molecule has 0 saturated heterocycles. The van der Waals surface area contributed by atoms with E-state index in [9.17, 15) is 4.39 Å². The van der Waals surface area contributed by atoms with Gasteiger partial charge in [0, 0.05) is 4.43 Å². The summed E-state index contributed by atoms with van der Waals surface area (Å²) in [7, 11) is 0. The summed E-state index contributed by atoms with van der Waals surface area (Å²) in [6.07, 6.45) is 0.0856. The van der Waals surface area contributed by atoms with Gasteiger partial charge in [0.05, 0.1) is 6.17 Å². The molecule has 1 atom stereocenters. The maximum Gasteiger partial charge on any atom is 0.0980 e. The van der Waals surface area contributed by atoms with Crippen molar-refractivity contribution in [1.82, 2.24) is 0 Å². The summed E-state index contributed by atoms with van der Waals surface area (Å²) in [6, 6.07) is 0. The normalized spacial score (nSPS) is 14.5. The molecule has 0 fully saturated rings. The van der Waals surface area contributed by atoms with Gasteiger partial charge in [0.1, 0.15) is 0 Å². The second-order valence-corrected chi connectivity index (χ2v) is 2.34. The highest BCUT2D eigenvalue weighted by atomic mass is 127. The summed E-state index contributed by atoms with van der Waals surface area (Å²) in [5, 5.41) is 0. The second kappa shape index (κ2) is 3.84. The third-order valence-electron chi connectivity index (χ3n) is 0.507. The Labute approximate surface area is 51.3 Å². The second-order valence-electron chi connectivity index (χ2n) is 1.26. The van der Waals surface area contributed by atoms with Crippen LogP contribution in [0.2, 0.25) is 0 Å². The minimum Gasteiger partial charge on any atom is -0.248 e.